The summed E-state index contributed by atoms with van der Waals surface area (Å²) in [5.41, 5.74) is 16.3. The lowest BCUT2D eigenvalue weighted by Crippen LogP contribution is -2.45. The number of nitrogens with zero attached hydrogens (tertiary/aromatic N) is 9. The molecule has 8 N–H and O–H groups in total. The first kappa shape index (κ1) is 46.6. The number of imidazole rings is 2. The minimum Gasteiger partial charge on any atom is -0.491 e. The highest BCUT2D eigenvalue weighted by molar-refractivity contribution is 6.05. The highest BCUT2D eigenvalue weighted by Crippen LogP contribution is 2.39. The molecule has 22 nitrogen and oxygen atoms in total. The second kappa shape index (κ2) is 19.9. The summed E-state index contributed by atoms with van der Waals surface area (Å²) in [5, 5.41) is 28.4. The number of aliphatic hydroxyl groups is 1. The Hall–Kier alpha value is -6.88. The Kier molecular flexibility index (Phi) is 13.9. The molecule has 1 unspecified atom stereocenters. The van der Waals surface area contributed by atoms with Gasteiger partial charge in [0.25, 0.3) is 11.8 Å². The molecule has 2 aliphatic rings. The van der Waals surface area contributed by atoms with E-state index in [1.807, 2.05) is 43.9 Å². The number of aromatic nitrogens is 8. The van der Waals surface area contributed by atoms with Crippen molar-refractivity contribution >= 4 is 57.6 Å². The first-order valence-corrected chi connectivity index (χ1v) is 22.6. The van der Waals surface area contributed by atoms with Crippen molar-refractivity contribution in [2.24, 2.45) is 11.5 Å². The summed E-state index contributed by atoms with van der Waals surface area (Å²) in [6, 6.07) is 9.53. The van der Waals surface area contributed by atoms with Gasteiger partial charge in [0.2, 0.25) is 23.7 Å². The molecule has 67 heavy (non-hydrogen) atoms. The maximum atomic E-state index is 13.9. The molecule has 6 aromatic rings. The molecule has 0 aliphatic carbocycles. The predicted molar refractivity (Wildman–Crippen MR) is 247 cm³/mol. The standard InChI is InChI=1S/C45H58N14O8/c1-6-57-33(16-25(3)53-57)42(63)51-44-49-31-18-27(40(46)61)20-35(66-14-9-11-48-37(60)22-30-23-65-15-13-55(30)5)38(31)56(44)12-8-10-29-24-67-36-21-28(41(47)62)19-32-39(36)59(29)45(50-32)52-43(64)34-17-26(4)54-58(34)7-2/h16-21,29-30,40,61H,6-15,22-24,46H2,1-5H3,(H2,47,62)(H,48,60)(H,49,51,63)(H,50,52,64)/t29-,30+,40?/m0/s1. The van der Waals surface area contributed by atoms with Crippen LogP contribution in [0.5, 0.6) is 11.5 Å². The minimum absolute atomic E-state index is 0.0125. The number of morpholine rings is 1. The third-order valence-electron chi connectivity index (χ3n) is 12.1. The van der Waals surface area contributed by atoms with Gasteiger partial charge in [-0.2, -0.15) is 10.2 Å². The predicted octanol–water partition coefficient (Wildman–Crippen LogP) is 3.01. The number of carbonyl (C=O) groups is 4. The second-order valence-electron chi connectivity index (χ2n) is 16.9. The Bertz CT molecular complexity index is 2820. The van der Waals surface area contributed by atoms with E-state index in [2.05, 4.69) is 31.0 Å². The van der Waals surface area contributed by atoms with Crippen molar-refractivity contribution in [3.8, 4) is 11.5 Å². The van der Waals surface area contributed by atoms with Crippen LogP contribution in [-0.4, -0.2) is 125 Å². The maximum Gasteiger partial charge on any atom is 0.276 e. The van der Waals surface area contributed by atoms with Gasteiger partial charge in [0.1, 0.15) is 46.8 Å². The van der Waals surface area contributed by atoms with Crippen LogP contribution in [0.25, 0.3) is 22.1 Å². The summed E-state index contributed by atoms with van der Waals surface area (Å²) in [5.74, 6) is -0.287. The van der Waals surface area contributed by atoms with E-state index in [-0.39, 0.29) is 48.7 Å². The van der Waals surface area contributed by atoms with Gasteiger partial charge < -0.3 is 45.2 Å². The molecule has 0 radical (unpaired) electrons. The maximum absolute atomic E-state index is 13.9. The van der Waals surface area contributed by atoms with E-state index < -0.39 is 23.9 Å². The number of amides is 4. The van der Waals surface area contributed by atoms with Crippen LogP contribution in [0.1, 0.15) is 100 Å². The Morgan fingerprint density at radius 3 is 2.21 bits per heavy atom. The lowest BCUT2D eigenvalue weighted by Gasteiger charge is -2.31. The van der Waals surface area contributed by atoms with Crippen LogP contribution in [0, 0.1) is 13.8 Å². The zero-order valence-electron chi connectivity index (χ0n) is 38.4. The topological polar surface area (TPSA) is 279 Å². The smallest absolute Gasteiger partial charge is 0.276 e. The van der Waals surface area contributed by atoms with Crippen LogP contribution in [0.3, 0.4) is 0 Å². The molecule has 3 atom stereocenters. The molecule has 0 bridgehead atoms. The monoisotopic (exact) mass is 922 g/mol. The second-order valence-corrected chi connectivity index (χ2v) is 16.9. The Labute approximate surface area is 385 Å². The molecule has 4 amide bonds. The lowest BCUT2D eigenvalue weighted by molar-refractivity contribution is -0.123. The zero-order chi connectivity index (χ0) is 47.5. The molecule has 1 saturated heterocycles. The Morgan fingerprint density at radius 2 is 1.55 bits per heavy atom. The number of hydrogen-bond donors (Lipinski definition) is 6. The molecule has 0 saturated carbocycles. The molecule has 356 valence electrons. The third kappa shape index (κ3) is 9.97. The van der Waals surface area contributed by atoms with E-state index >= 15 is 0 Å². The van der Waals surface area contributed by atoms with Crippen LogP contribution in [0.4, 0.5) is 11.9 Å². The van der Waals surface area contributed by atoms with Gasteiger partial charge >= 0.3 is 0 Å². The van der Waals surface area contributed by atoms with E-state index in [0.717, 1.165) is 6.54 Å². The average Bonchev–Trinajstić information content (AvgIpc) is 4.07. The van der Waals surface area contributed by atoms with Crippen molar-refractivity contribution < 1.29 is 38.5 Å². The van der Waals surface area contributed by atoms with Crippen molar-refractivity contribution in [1.82, 2.24) is 48.9 Å². The van der Waals surface area contributed by atoms with Crippen LogP contribution < -0.4 is 36.9 Å². The van der Waals surface area contributed by atoms with E-state index in [9.17, 15) is 24.3 Å². The molecule has 1 fully saturated rings. The minimum atomic E-state index is -1.35. The number of likely N-dealkylation sites (N-methyl/N-ethyl adjacent to an activating group) is 1. The summed E-state index contributed by atoms with van der Waals surface area (Å²) >= 11 is 0. The first-order valence-electron chi connectivity index (χ1n) is 22.6. The molecule has 6 heterocycles. The molecule has 2 aliphatic heterocycles. The van der Waals surface area contributed by atoms with Gasteiger partial charge in [0.15, 0.2) is 0 Å². The van der Waals surface area contributed by atoms with E-state index in [0.29, 0.717) is 127 Å². The van der Waals surface area contributed by atoms with Gasteiger partial charge in [-0.15, -0.1) is 0 Å². The van der Waals surface area contributed by atoms with Crippen LogP contribution in [0.2, 0.25) is 0 Å². The van der Waals surface area contributed by atoms with Crippen LogP contribution in [0.15, 0.2) is 36.4 Å². The number of aryl methyl sites for hydroxylation is 5. The largest absolute Gasteiger partial charge is 0.491 e. The molecule has 2 aromatic carbocycles. The summed E-state index contributed by atoms with van der Waals surface area (Å²) in [6.07, 6.45) is 0.430. The van der Waals surface area contributed by atoms with Gasteiger partial charge in [-0.1, -0.05) is 0 Å². The third-order valence-corrected chi connectivity index (χ3v) is 12.1. The van der Waals surface area contributed by atoms with E-state index in [1.165, 1.54) is 0 Å². The molecule has 8 rings (SSSR count). The van der Waals surface area contributed by atoms with Crippen molar-refractivity contribution in [2.75, 3.05) is 57.2 Å². The quantitative estimate of drug-likeness (QED) is 0.0504. The molecular weight excluding hydrogens is 865 g/mol. The highest BCUT2D eigenvalue weighted by atomic mass is 16.5. The van der Waals surface area contributed by atoms with Crippen LogP contribution in [-0.2, 0) is 29.2 Å². The SMILES string of the molecule is CCn1nc(C)cc1C(=O)Nc1nc2cc(C(N)O)cc(OCCCNC(=O)C[C@@H]3COCCN3C)c2n1CCC[C@H]1COc2cc(C(N)=O)cc3nc(NC(=O)c4cc(C)nn4CC)n1c23. The van der Waals surface area contributed by atoms with Gasteiger partial charge in [-0.25, -0.2) is 9.97 Å². The normalized spacial score (nSPS) is 16.5. The van der Waals surface area contributed by atoms with Crippen molar-refractivity contribution in [3.63, 3.8) is 0 Å². The number of primary amides is 1. The molecular formula is C45H58N14O8. The van der Waals surface area contributed by atoms with Gasteiger partial charge in [-0.3, -0.25) is 44.1 Å². The van der Waals surface area contributed by atoms with Crippen molar-refractivity contribution in [1.29, 1.82) is 0 Å². The summed E-state index contributed by atoms with van der Waals surface area (Å²) in [6.45, 7) is 11.4. The number of carbonyl (C=O) groups excluding carboxylic acids is 4. The number of ether oxygens (including phenoxy) is 3. The average molecular weight is 923 g/mol. The fourth-order valence-electron chi connectivity index (χ4n) is 8.68. The first-order chi connectivity index (χ1) is 32.2. The van der Waals surface area contributed by atoms with E-state index in [1.54, 1.807) is 45.8 Å². The number of rotatable bonds is 19. The lowest BCUT2D eigenvalue weighted by atomic mass is 10.1. The van der Waals surface area contributed by atoms with Crippen LogP contribution >= 0.6 is 0 Å². The summed E-state index contributed by atoms with van der Waals surface area (Å²) < 4.78 is 25.2. The summed E-state index contributed by atoms with van der Waals surface area (Å²) in [4.78, 5) is 64.6. The van der Waals surface area contributed by atoms with Crippen molar-refractivity contribution in [2.45, 2.75) is 91.3 Å². The summed E-state index contributed by atoms with van der Waals surface area (Å²) in [7, 11) is 1.98. The number of hydrogen-bond acceptors (Lipinski definition) is 14. The fourth-order valence-corrected chi connectivity index (χ4v) is 8.68. The van der Waals surface area contributed by atoms with E-state index in [4.69, 9.17) is 35.6 Å². The highest BCUT2D eigenvalue weighted by Gasteiger charge is 2.31. The van der Waals surface area contributed by atoms with Gasteiger partial charge in [0.05, 0.1) is 48.3 Å². The number of benzene rings is 2. The van der Waals surface area contributed by atoms with Gasteiger partial charge in [0, 0.05) is 56.3 Å². The number of aliphatic hydroxyl groups excluding tert-OH is 1. The molecule has 4 aromatic heterocycles. The van der Waals surface area contributed by atoms with Crippen molar-refractivity contribution in [3.05, 3.63) is 70.3 Å². The number of nitrogens with two attached hydrogens (primary N) is 2. The Morgan fingerprint density at radius 1 is 0.881 bits per heavy atom. The fraction of sp³-hybridized carbons (Fsp3) is 0.467. The number of anilines is 2. The number of nitrogens with one attached hydrogen (secondary N) is 3. The Balaban J connectivity index is 1.08. The zero-order valence-corrected chi connectivity index (χ0v) is 38.4. The van der Waals surface area contributed by atoms with Gasteiger partial charge in [-0.05, 0) is 90.4 Å². The molecule has 22 heteroatoms. The molecule has 0 spiro atoms. The number of fused-ring (bicyclic) bond motifs is 1.